The van der Waals surface area contributed by atoms with Gasteiger partial charge in [-0.3, -0.25) is 0 Å². The van der Waals surface area contributed by atoms with Gasteiger partial charge in [0.05, 0.1) is 0 Å². The molecule has 0 radical (unpaired) electrons. The molecule has 0 aliphatic heterocycles. The Morgan fingerprint density at radius 1 is 1.33 bits per heavy atom. The van der Waals surface area contributed by atoms with E-state index in [-0.39, 0.29) is 19.0 Å². The minimum absolute atomic E-state index is 0.0150. The molecule has 0 amide bonds. The van der Waals surface area contributed by atoms with Crippen LogP contribution in [0, 0.1) is 5.92 Å². The fourth-order valence-electron chi connectivity index (χ4n) is 0.555. The highest BCUT2D eigenvalue weighted by Gasteiger charge is 2.29. The van der Waals surface area contributed by atoms with Gasteiger partial charge >= 0.3 is 0 Å². The highest BCUT2D eigenvalue weighted by Crippen LogP contribution is 2.18. The second-order valence-electron chi connectivity index (χ2n) is 2.60. The third-order valence-corrected chi connectivity index (χ3v) is 1.71. The van der Waals surface area contributed by atoms with Crippen LogP contribution >= 0.6 is 0 Å². The number of alkyl halides is 1. The zero-order valence-corrected chi connectivity index (χ0v) is 6.02. The predicted molar refractivity (Wildman–Crippen MR) is 36.8 cm³/mol. The summed E-state index contributed by atoms with van der Waals surface area (Å²) in [6.07, 6.45) is 0. The number of nitrogens with two attached hydrogens (primary N) is 2. The Bertz CT molecular complexity index is 79.1. The van der Waals surface area contributed by atoms with Gasteiger partial charge in [0.1, 0.15) is 5.67 Å². The van der Waals surface area contributed by atoms with Gasteiger partial charge in [-0.05, 0) is 5.92 Å². The Labute approximate surface area is 55.4 Å². The van der Waals surface area contributed by atoms with E-state index < -0.39 is 5.67 Å². The lowest BCUT2D eigenvalue weighted by Gasteiger charge is -2.25. The molecule has 3 heteroatoms. The van der Waals surface area contributed by atoms with Gasteiger partial charge in [-0.15, -0.1) is 0 Å². The first-order chi connectivity index (χ1) is 4.06. The van der Waals surface area contributed by atoms with E-state index in [2.05, 4.69) is 0 Å². The third-order valence-electron chi connectivity index (χ3n) is 1.71. The summed E-state index contributed by atoms with van der Waals surface area (Å²) in [5, 5.41) is 0. The molecule has 56 valence electrons. The summed E-state index contributed by atoms with van der Waals surface area (Å²) in [6, 6.07) is 0. The van der Waals surface area contributed by atoms with E-state index in [9.17, 15) is 4.39 Å². The van der Waals surface area contributed by atoms with Crippen LogP contribution in [0.5, 0.6) is 0 Å². The largest absolute Gasteiger partial charge is 0.327 e. The van der Waals surface area contributed by atoms with Gasteiger partial charge in [0.15, 0.2) is 0 Å². The first-order valence-corrected chi connectivity index (χ1v) is 3.16. The Morgan fingerprint density at radius 3 is 1.67 bits per heavy atom. The van der Waals surface area contributed by atoms with E-state index in [1.165, 1.54) is 0 Å². The van der Waals surface area contributed by atoms with E-state index >= 15 is 0 Å². The second kappa shape index (κ2) is 3.13. The van der Waals surface area contributed by atoms with Crippen molar-refractivity contribution in [3.8, 4) is 0 Å². The molecule has 0 aliphatic carbocycles. The Kier molecular flexibility index (Phi) is 3.08. The lowest BCUT2D eigenvalue weighted by molar-refractivity contribution is 0.120. The molecule has 0 aromatic carbocycles. The first kappa shape index (κ1) is 8.85. The fourth-order valence-corrected chi connectivity index (χ4v) is 0.555. The van der Waals surface area contributed by atoms with Gasteiger partial charge in [0, 0.05) is 13.1 Å². The van der Waals surface area contributed by atoms with Gasteiger partial charge in [-0.2, -0.15) is 0 Å². The molecule has 0 aromatic rings. The standard InChI is InChI=1S/C6H15FN2/c1-5(2)6(7,3-8)4-9/h5H,3-4,8-9H2,1-2H3. The molecule has 0 atom stereocenters. The second-order valence-corrected chi connectivity index (χ2v) is 2.60. The van der Waals surface area contributed by atoms with Crippen molar-refractivity contribution in [3.05, 3.63) is 0 Å². The van der Waals surface area contributed by atoms with Crippen LogP contribution in [0.25, 0.3) is 0 Å². The summed E-state index contributed by atoms with van der Waals surface area (Å²) in [7, 11) is 0. The van der Waals surface area contributed by atoms with Crippen LogP contribution in [-0.2, 0) is 0 Å². The Balaban J connectivity index is 3.92. The molecular weight excluding hydrogens is 119 g/mol. The summed E-state index contributed by atoms with van der Waals surface area (Å²) in [4.78, 5) is 0. The number of hydrogen-bond donors (Lipinski definition) is 2. The average Bonchev–Trinajstić information content (AvgIpc) is 1.86. The van der Waals surface area contributed by atoms with Gasteiger partial charge in [-0.1, -0.05) is 13.8 Å². The number of rotatable bonds is 3. The van der Waals surface area contributed by atoms with Gasteiger partial charge in [-0.25, -0.2) is 4.39 Å². The molecule has 2 nitrogen and oxygen atoms in total. The molecule has 0 spiro atoms. The van der Waals surface area contributed by atoms with Crippen LogP contribution in [0.1, 0.15) is 13.8 Å². The third kappa shape index (κ3) is 1.91. The highest BCUT2D eigenvalue weighted by molar-refractivity contribution is 4.84. The normalized spacial score (nSPS) is 12.7. The van der Waals surface area contributed by atoms with Gasteiger partial charge < -0.3 is 11.5 Å². The molecule has 0 saturated heterocycles. The van der Waals surface area contributed by atoms with Crippen molar-refractivity contribution in [2.45, 2.75) is 19.5 Å². The van der Waals surface area contributed by atoms with Crippen molar-refractivity contribution >= 4 is 0 Å². The van der Waals surface area contributed by atoms with Crippen LogP contribution in [-0.4, -0.2) is 18.8 Å². The Hall–Kier alpha value is -0.150. The average molecular weight is 134 g/mol. The van der Waals surface area contributed by atoms with Crippen molar-refractivity contribution in [1.82, 2.24) is 0 Å². The molecule has 0 unspecified atom stereocenters. The van der Waals surface area contributed by atoms with E-state index in [1.807, 2.05) is 0 Å². The quantitative estimate of drug-likeness (QED) is 0.582. The van der Waals surface area contributed by atoms with Crippen molar-refractivity contribution in [2.24, 2.45) is 17.4 Å². The zero-order chi connectivity index (χ0) is 7.49. The summed E-state index contributed by atoms with van der Waals surface area (Å²) >= 11 is 0. The molecule has 0 rings (SSSR count). The molecule has 9 heavy (non-hydrogen) atoms. The number of hydrogen-bond acceptors (Lipinski definition) is 2. The summed E-state index contributed by atoms with van der Waals surface area (Å²) in [6.45, 7) is 3.59. The zero-order valence-electron chi connectivity index (χ0n) is 6.02. The van der Waals surface area contributed by atoms with Gasteiger partial charge in [0.2, 0.25) is 0 Å². The molecule has 0 bridgehead atoms. The van der Waals surface area contributed by atoms with Crippen LogP contribution in [0.2, 0.25) is 0 Å². The SMILES string of the molecule is CC(C)C(F)(CN)CN. The monoisotopic (exact) mass is 134 g/mol. The molecule has 0 fully saturated rings. The highest BCUT2D eigenvalue weighted by atomic mass is 19.1. The van der Waals surface area contributed by atoms with E-state index in [0.29, 0.717) is 0 Å². The first-order valence-electron chi connectivity index (χ1n) is 3.16. The smallest absolute Gasteiger partial charge is 0.137 e. The van der Waals surface area contributed by atoms with E-state index in [1.54, 1.807) is 13.8 Å². The van der Waals surface area contributed by atoms with Crippen molar-refractivity contribution in [3.63, 3.8) is 0 Å². The van der Waals surface area contributed by atoms with Crippen LogP contribution in [0.4, 0.5) is 4.39 Å². The van der Waals surface area contributed by atoms with Crippen LogP contribution in [0.3, 0.4) is 0 Å². The minimum atomic E-state index is -1.36. The maximum atomic E-state index is 13.1. The molecule has 0 aliphatic rings. The topological polar surface area (TPSA) is 52.0 Å². The molecular formula is C6H15FN2. The van der Waals surface area contributed by atoms with E-state index in [4.69, 9.17) is 11.5 Å². The van der Waals surface area contributed by atoms with Crippen molar-refractivity contribution in [2.75, 3.05) is 13.1 Å². The van der Waals surface area contributed by atoms with Crippen molar-refractivity contribution < 1.29 is 4.39 Å². The molecule has 0 saturated carbocycles. The lowest BCUT2D eigenvalue weighted by Crippen LogP contribution is -2.45. The van der Waals surface area contributed by atoms with E-state index in [0.717, 1.165) is 0 Å². The lowest BCUT2D eigenvalue weighted by atomic mass is 9.93. The molecule has 0 aromatic heterocycles. The maximum absolute atomic E-state index is 13.1. The Morgan fingerprint density at radius 2 is 1.67 bits per heavy atom. The van der Waals surface area contributed by atoms with Gasteiger partial charge in [0.25, 0.3) is 0 Å². The fraction of sp³-hybridized carbons (Fsp3) is 1.00. The van der Waals surface area contributed by atoms with Crippen molar-refractivity contribution in [1.29, 1.82) is 0 Å². The molecule has 0 heterocycles. The summed E-state index contributed by atoms with van der Waals surface area (Å²) in [5.74, 6) is -0.0903. The maximum Gasteiger partial charge on any atom is 0.137 e. The minimum Gasteiger partial charge on any atom is -0.327 e. The summed E-state index contributed by atoms with van der Waals surface area (Å²) < 4.78 is 13.1. The molecule has 4 N–H and O–H groups in total. The predicted octanol–water partition coefficient (Wildman–Crippen LogP) is 0.268. The van der Waals surface area contributed by atoms with Crippen LogP contribution in [0.15, 0.2) is 0 Å². The van der Waals surface area contributed by atoms with Crippen LogP contribution < -0.4 is 11.5 Å². The number of halogens is 1. The summed E-state index contributed by atoms with van der Waals surface area (Å²) in [5.41, 5.74) is 8.97.